The molecule has 0 bridgehead atoms. The Morgan fingerprint density at radius 2 is 2.00 bits per heavy atom. The van der Waals surface area contributed by atoms with Crippen LogP contribution in [0.2, 0.25) is 0 Å². The third-order valence-electron chi connectivity index (χ3n) is 3.94. The maximum Gasteiger partial charge on any atom is 0.0579 e. The number of nitrogens with one attached hydrogen (secondary N) is 1. The summed E-state index contributed by atoms with van der Waals surface area (Å²) >= 11 is 5.62. The number of halogens is 1. The van der Waals surface area contributed by atoms with Gasteiger partial charge in [0.15, 0.2) is 0 Å². The average Bonchev–Trinajstić information content (AvgIpc) is 2.87. The molecule has 0 aliphatic heterocycles. The molecule has 106 valence electrons. The lowest BCUT2D eigenvalue weighted by atomic mass is 9.99. The van der Waals surface area contributed by atoms with E-state index in [-0.39, 0.29) is 0 Å². The number of fused-ring (bicyclic) bond motifs is 1. The molecular formula is C17H20BrNS. The molecule has 3 rings (SSSR count). The first-order chi connectivity index (χ1) is 9.63. The van der Waals surface area contributed by atoms with Crippen molar-refractivity contribution in [3.05, 3.63) is 49.6 Å². The second-order valence-corrected chi connectivity index (χ2v) is 7.68. The van der Waals surface area contributed by atoms with E-state index in [9.17, 15) is 0 Å². The Bertz CT molecular complexity index is 594. The van der Waals surface area contributed by atoms with Crippen molar-refractivity contribution in [2.45, 2.75) is 45.6 Å². The predicted octanol–water partition coefficient (Wildman–Crippen LogP) is 5.87. The van der Waals surface area contributed by atoms with E-state index in [2.05, 4.69) is 59.4 Å². The quantitative estimate of drug-likeness (QED) is 0.730. The van der Waals surface area contributed by atoms with Gasteiger partial charge in [0.25, 0.3) is 0 Å². The van der Waals surface area contributed by atoms with Gasteiger partial charge in [0, 0.05) is 19.9 Å². The van der Waals surface area contributed by atoms with Gasteiger partial charge in [-0.25, -0.2) is 0 Å². The van der Waals surface area contributed by atoms with Crippen molar-refractivity contribution in [2.24, 2.45) is 0 Å². The van der Waals surface area contributed by atoms with E-state index in [1.54, 1.807) is 10.4 Å². The van der Waals surface area contributed by atoms with Gasteiger partial charge in [-0.1, -0.05) is 6.07 Å². The van der Waals surface area contributed by atoms with Gasteiger partial charge in [-0.15, -0.1) is 11.3 Å². The standard InChI is InChI=1S/C17H20BrNS/c1-11-7-8-14(18)15(9-11)19-12(2)17-10-13-5-3-4-6-16(13)20-17/h7-10,12,19H,3-6H2,1-2H3. The molecule has 0 amide bonds. The van der Waals surface area contributed by atoms with Gasteiger partial charge in [-0.05, 0) is 84.8 Å². The number of benzene rings is 1. The second-order valence-electron chi connectivity index (χ2n) is 5.65. The van der Waals surface area contributed by atoms with Gasteiger partial charge >= 0.3 is 0 Å². The zero-order valence-electron chi connectivity index (χ0n) is 12.0. The average molecular weight is 350 g/mol. The number of thiophene rings is 1. The fourth-order valence-electron chi connectivity index (χ4n) is 2.78. The summed E-state index contributed by atoms with van der Waals surface area (Å²) in [4.78, 5) is 3.08. The van der Waals surface area contributed by atoms with Crippen LogP contribution in [0.25, 0.3) is 0 Å². The van der Waals surface area contributed by atoms with Gasteiger partial charge in [0.2, 0.25) is 0 Å². The molecular weight excluding hydrogens is 330 g/mol. The first-order valence-corrected chi connectivity index (χ1v) is 8.88. The summed E-state index contributed by atoms with van der Waals surface area (Å²) in [6.07, 6.45) is 5.26. The van der Waals surface area contributed by atoms with Crippen molar-refractivity contribution >= 4 is 33.0 Å². The molecule has 0 saturated carbocycles. The third kappa shape index (κ3) is 2.94. The van der Waals surface area contributed by atoms with Crippen molar-refractivity contribution in [1.29, 1.82) is 0 Å². The Hall–Kier alpha value is -0.800. The van der Waals surface area contributed by atoms with Crippen LogP contribution in [0, 0.1) is 6.92 Å². The van der Waals surface area contributed by atoms with Crippen LogP contribution in [0.5, 0.6) is 0 Å². The third-order valence-corrected chi connectivity index (χ3v) is 6.05. The summed E-state index contributed by atoms with van der Waals surface area (Å²) in [5.74, 6) is 0. The molecule has 3 heteroatoms. The summed E-state index contributed by atoms with van der Waals surface area (Å²) in [7, 11) is 0. The van der Waals surface area contributed by atoms with Crippen LogP contribution in [-0.2, 0) is 12.8 Å². The Kier molecular flexibility index (Phi) is 4.18. The van der Waals surface area contributed by atoms with Crippen molar-refractivity contribution in [3.63, 3.8) is 0 Å². The van der Waals surface area contributed by atoms with E-state index in [4.69, 9.17) is 0 Å². The topological polar surface area (TPSA) is 12.0 Å². The minimum absolute atomic E-state index is 0.365. The number of anilines is 1. The fourth-order valence-corrected chi connectivity index (χ4v) is 4.40. The molecule has 1 heterocycles. The van der Waals surface area contributed by atoms with E-state index in [1.165, 1.54) is 41.8 Å². The highest BCUT2D eigenvalue weighted by Gasteiger charge is 2.17. The monoisotopic (exact) mass is 349 g/mol. The molecule has 0 radical (unpaired) electrons. The lowest BCUT2D eigenvalue weighted by Gasteiger charge is -2.15. The summed E-state index contributed by atoms with van der Waals surface area (Å²) < 4.78 is 1.14. The lowest BCUT2D eigenvalue weighted by Crippen LogP contribution is -2.05. The minimum atomic E-state index is 0.365. The first kappa shape index (κ1) is 14.2. The van der Waals surface area contributed by atoms with Crippen LogP contribution < -0.4 is 5.32 Å². The highest BCUT2D eigenvalue weighted by molar-refractivity contribution is 9.10. The molecule has 0 fully saturated rings. The van der Waals surface area contributed by atoms with Crippen LogP contribution in [0.1, 0.15) is 46.7 Å². The second kappa shape index (κ2) is 5.90. The normalized spacial score (nSPS) is 15.8. The molecule has 1 aliphatic rings. The maximum absolute atomic E-state index is 3.64. The summed E-state index contributed by atoms with van der Waals surface area (Å²) in [5.41, 5.74) is 4.06. The Labute approximate surface area is 133 Å². The van der Waals surface area contributed by atoms with E-state index in [0.717, 1.165) is 4.47 Å². The molecule has 1 unspecified atom stereocenters. The molecule has 1 atom stereocenters. The summed E-state index contributed by atoms with van der Waals surface area (Å²) in [6.45, 7) is 4.39. The molecule has 2 aromatic rings. The van der Waals surface area contributed by atoms with Gasteiger partial charge in [0.05, 0.1) is 6.04 Å². The Morgan fingerprint density at radius 3 is 2.80 bits per heavy atom. The van der Waals surface area contributed by atoms with Gasteiger partial charge in [0.1, 0.15) is 0 Å². The molecule has 1 nitrogen and oxygen atoms in total. The Morgan fingerprint density at radius 1 is 1.20 bits per heavy atom. The first-order valence-electron chi connectivity index (χ1n) is 7.27. The number of hydrogen-bond acceptors (Lipinski definition) is 2. The van der Waals surface area contributed by atoms with Crippen molar-refractivity contribution in [1.82, 2.24) is 0 Å². The molecule has 1 aromatic heterocycles. The van der Waals surface area contributed by atoms with Crippen LogP contribution in [0.15, 0.2) is 28.7 Å². The molecule has 0 saturated heterocycles. The number of hydrogen-bond donors (Lipinski definition) is 1. The fraction of sp³-hybridized carbons (Fsp3) is 0.412. The van der Waals surface area contributed by atoms with Crippen molar-refractivity contribution in [2.75, 3.05) is 5.32 Å². The zero-order chi connectivity index (χ0) is 14.1. The van der Waals surface area contributed by atoms with Crippen LogP contribution in [0.3, 0.4) is 0 Å². The van der Waals surface area contributed by atoms with E-state index < -0.39 is 0 Å². The number of rotatable bonds is 3. The zero-order valence-corrected chi connectivity index (χ0v) is 14.4. The summed E-state index contributed by atoms with van der Waals surface area (Å²) in [5, 5.41) is 3.64. The van der Waals surface area contributed by atoms with Crippen molar-refractivity contribution < 1.29 is 0 Å². The SMILES string of the molecule is Cc1ccc(Br)c(NC(C)c2cc3c(s2)CCCC3)c1. The van der Waals surface area contributed by atoms with Gasteiger partial charge < -0.3 is 5.32 Å². The van der Waals surface area contributed by atoms with E-state index >= 15 is 0 Å². The summed E-state index contributed by atoms with van der Waals surface area (Å²) in [6, 6.07) is 9.23. The van der Waals surface area contributed by atoms with Crippen LogP contribution in [-0.4, -0.2) is 0 Å². The van der Waals surface area contributed by atoms with Crippen molar-refractivity contribution in [3.8, 4) is 0 Å². The maximum atomic E-state index is 3.64. The molecule has 0 spiro atoms. The largest absolute Gasteiger partial charge is 0.377 e. The molecule has 1 N–H and O–H groups in total. The predicted molar refractivity (Wildman–Crippen MR) is 91.9 cm³/mol. The van der Waals surface area contributed by atoms with Gasteiger partial charge in [-0.2, -0.15) is 0 Å². The van der Waals surface area contributed by atoms with E-state index in [1.807, 2.05) is 11.3 Å². The molecule has 1 aliphatic carbocycles. The smallest absolute Gasteiger partial charge is 0.0579 e. The Balaban J connectivity index is 1.80. The van der Waals surface area contributed by atoms with Gasteiger partial charge in [-0.3, -0.25) is 0 Å². The molecule has 1 aromatic carbocycles. The highest BCUT2D eigenvalue weighted by Crippen LogP contribution is 2.35. The number of aryl methyl sites for hydroxylation is 3. The minimum Gasteiger partial charge on any atom is -0.377 e. The van der Waals surface area contributed by atoms with Crippen LogP contribution >= 0.6 is 27.3 Å². The lowest BCUT2D eigenvalue weighted by molar-refractivity contribution is 0.696. The molecule has 20 heavy (non-hydrogen) atoms. The highest BCUT2D eigenvalue weighted by atomic mass is 79.9. The van der Waals surface area contributed by atoms with E-state index in [0.29, 0.717) is 6.04 Å². The van der Waals surface area contributed by atoms with Crippen LogP contribution in [0.4, 0.5) is 5.69 Å².